The number of hydrogen-bond acceptors (Lipinski definition) is 3. The lowest BCUT2D eigenvalue weighted by Gasteiger charge is -2.25. The number of para-hydroxylation sites is 1. The molecule has 0 saturated carbocycles. The van der Waals surface area contributed by atoms with E-state index in [9.17, 15) is 0 Å². The minimum Gasteiger partial charge on any atom is -0.493 e. The van der Waals surface area contributed by atoms with E-state index in [2.05, 4.69) is 57.8 Å². The van der Waals surface area contributed by atoms with Crippen LogP contribution in [0.15, 0.2) is 34.1 Å². The molecule has 2 aromatic rings. The van der Waals surface area contributed by atoms with Crippen LogP contribution in [-0.2, 0) is 6.42 Å². The first-order valence-electron chi connectivity index (χ1n) is 7.52. The molecule has 0 amide bonds. The van der Waals surface area contributed by atoms with Crippen LogP contribution in [0.5, 0.6) is 5.75 Å². The Morgan fingerprint density at radius 3 is 3.05 bits per heavy atom. The van der Waals surface area contributed by atoms with Crippen LogP contribution in [0.2, 0.25) is 0 Å². The Morgan fingerprint density at radius 1 is 1.38 bits per heavy atom. The summed E-state index contributed by atoms with van der Waals surface area (Å²) in [5.41, 5.74) is 2.61. The highest BCUT2D eigenvalue weighted by Crippen LogP contribution is 2.39. The fourth-order valence-electron chi connectivity index (χ4n) is 2.79. The van der Waals surface area contributed by atoms with E-state index in [1.807, 2.05) is 0 Å². The summed E-state index contributed by atoms with van der Waals surface area (Å²) < 4.78 is 7.18. The molecular formula is C17H20BrNOS. The summed E-state index contributed by atoms with van der Waals surface area (Å²) in [6, 6.07) is 8.87. The molecule has 3 rings (SSSR count). The Labute approximate surface area is 138 Å². The highest BCUT2D eigenvalue weighted by molar-refractivity contribution is 9.10. The van der Waals surface area contributed by atoms with Gasteiger partial charge < -0.3 is 10.1 Å². The van der Waals surface area contributed by atoms with Crippen molar-refractivity contribution in [1.29, 1.82) is 0 Å². The number of fused-ring (bicyclic) bond motifs is 1. The second-order valence-electron chi connectivity index (χ2n) is 5.31. The minimum absolute atomic E-state index is 0.201. The molecular weight excluding hydrogens is 346 g/mol. The molecule has 0 bridgehead atoms. The summed E-state index contributed by atoms with van der Waals surface area (Å²) in [7, 11) is 0. The van der Waals surface area contributed by atoms with Crippen LogP contribution in [0.25, 0.3) is 0 Å². The third kappa shape index (κ3) is 3.17. The maximum atomic E-state index is 6.00. The number of benzene rings is 1. The summed E-state index contributed by atoms with van der Waals surface area (Å²) >= 11 is 5.47. The van der Waals surface area contributed by atoms with Gasteiger partial charge in [-0.2, -0.15) is 0 Å². The van der Waals surface area contributed by atoms with Crippen molar-refractivity contribution >= 4 is 27.3 Å². The molecule has 0 aliphatic carbocycles. The summed E-state index contributed by atoms with van der Waals surface area (Å²) in [5.74, 6) is 1.10. The molecule has 4 heteroatoms. The van der Waals surface area contributed by atoms with Crippen molar-refractivity contribution in [1.82, 2.24) is 5.32 Å². The van der Waals surface area contributed by atoms with E-state index in [1.54, 1.807) is 11.3 Å². The molecule has 1 aromatic heterocycles. The number of aryl methyl sites for hydroxylation is 1. The van der Waals surface area contributed by atoms with Crippen molar-refractivity contribution in [2.45, 2.75) is 32.2 Å². The fourth-order valence-corrected chi connectivity index (χ4v) is 4.48. The first-order chi connectivity index (χ1) is 10.3. The number of thiophene rings is 1. The Hall–Kier alpha value is -0.840. The van der Waals surface area contributed by atoms with Gasteiger partial charge in [0.15, 0.2) is 0 Å². The van der Waals surface area contributed by atoms with Crippen molar-refractivity contribution in [2.75, 3.05) is 13.2 Å². The number of rotatable bonds is 5. The van der Waals surface area contributed by atoms with Gasteiger partial charge in [-0.15, -0.1) is 11.3 Å². The van der Waals surface area contributed by atoms with Crippen LogP contribution in [-0.4, -0.2) is 13.2 Å². The van der Waals surface area contributed by atoms with Crippen molar-refractivity contribution in [3.63, 3.8) is 0 Å². The minimum atomic E-state index is 0.201. The van der Waals surface area contributed by atoms with E-state index in [0.29, 0.717) is 0 Å². The van der Waals surface area contributed by atoms with Gasteiger partial charge >= 0.3 is 0 Å². The molecule has 1 aliphatic heterocycles. The van der Waals surface area contributed by atoms with E-state index in [-0.39, 0.29) is 6.04 Å². The molecule has 0 radical (unpaired) electrons. The van der Waals surface area contributed by atoms with Gasteiger partial charge in [-0.1, -0.05) is 25.1 Å². The molecule has 1 N–H and O–H groups in total. The largest absolute Gasteiger partial charge is 0.493 e. The summed E-state index contributed by atoms with van der Waals surface area (Å²) in [6.07, 6.45) is 3.36. The van der Waals surface area contributed by atoms with E-state index in [0.717, 1.165) is 38.2 Å². The van der Waals surface area contributed by atoms with Crippen LogP contribution in [0, 0.1) is 0 Å². The molecule has 2 nitrogen and oxygen atoms in total. The van der Waals surface area contributed by atoms with Gasteiger partial charge in [0.2, 0.25) is 0 Å². The van der Waals surface area contributed by atoms with Crippen LogP contribution >= 0.6 is 27.3 Å². The van der Waals surface area contributed by atoms with Gasteiger partial charge in [-0.25, -0.2) is 0 Å². The third-order valence-electron chi connectivity index (χ3n) is 3.78. The van der Waals surface area contributed by atoms with Crippen LogP contribution in [0.1, 0.15) is 41.8 Å². The molecule has 112 valence electrons. The van der Waals surface area contributed by atoms with Gasteiger partial charge in [0.05, 0.1) is 12.6 Å². The Balaban J connectivity index is 2.02. The molecule has 0 saturated heterocycles. The lowest BCUT2D eigenvalue weighted by atomic mass is 9.97. The van der Waals surface area contributed by atoms with Gasteiger partial charge in [0.1, 0.15) is 5.75 Å². The highest BCUT2D eigenvalue weighted by atomic mass is 79.9. The predicted molar refractivity (Wildman–Crippen MR) is 92.4 cm³/mol. The summed E-state index contributed by atoms with van der Waals surface area (Å²) in [4.78, 5) is 1.33. The Bertz CT molecular complexity index is 611. The number of ether oxygens (including phenoxy) is 1. The molecule has 1 atom stereocenters. The van der Waals surface area contributed by atoms with Gasteiger partial charge in [-0.05, 0) is 58.7 Å². The zero-order chi connectivity index (χ0) is 14.7. The van der Waals surface area contributed by atoms with Crippen LogP contribution < -0.4 is 10.1 Å². The van der Waals surface area contributed by atoms with Crippen molar-refractivity contribution in [3.05, 3.63) is 50.1 Å². The second-order valence-corrected chi connectivity index (χ2v) is 7.11. The maximum Gasteiger partial charge on any atom is 0.127 e. The fraction of sp³-hybridized carbons (Fsp3) is 0.412. The van der Waals surface area contributed by atoms with Crippen molar-refractivity contribution in [3.8, 4) is 5.75 Å². The standard InChI is InChI=1S/C17H20BrNOS/c1-2-9-19-15(17-14(18)8-11-21-17)13-7-3-5-12-6-4-10-20-16(12)13/h3,5,7-8,11,15,19H,2,4,6,9-10H2,1H3. The van der Waals surface area contributed by atoms with E-state index in [1.165, 1.54) is 20.5 Å². The van der Waals surface area contributed by atoms with Gasteiger partial charge in [0.25, 0.3) is 0 Å². The monoisotopic (exact) mass is 365 g/mol. The second kappa shape index (κ2) is 6.95. The van der Waals surface area contributed by atoms with E-state index >= 15 is 0 Å². The number of halogens is 1. The van der Waals surface area contributed by atoms with E-state index in [4.69, 9.17) is 4.74 Å². The molecule has 0 spiro atoms. The SMILES string of the molecule is CCCNC(c1cccc2c1OCCC2)c1sccc1Br. The molecule has 1 aromatic carbocycles. The summed E-state index contributed by atoms with van der Waals surface area (Å²) in [6.45, 7) is 4.03. The highest BCUT2D eigenvalue weighted by Gasteiger charge is 2.24. The van der Waals surface area contributed by atoms with Crippen LogP contribution in [0.4, 0.5) is 0 Å². The molecule has 1 unspecified atom stereocenters. The van der Waals surface area contributed by atoms with Crippen LogP contribution in [0.3, 0.4) is 0 Å². The van der Waals surface area contributed by atoms with Crippen molar-refractivity contribution < 1.29 is 4.74 Å². The Kier molecular flexibility index (Phi) is 4.99. The zero-order valence-corrected chi connectivity index (χ0v) is 14.6. The zero-order valence-electron chi connectivity index (χ0n) is 12.2. The predicted octanol–water partition coefficient (Wildman–Crippen LogP) is 4.92. The molecule has 2 heterocycles. The quantitative estimate of drug-likeness (QED) is 0.811. The smallest absolute Gasteiger partial charge is 0.127 e. The van der Waals surface area contributed by atoms with E-state index < -0.39 is 0 Å². The average Bonchev–Trinajstić information content (AvgIpc) is 2.94. The normalized spacial score (nSPS) is 15.3. The molecule has 21 heavy (non-hydrogen) atoms. The lowest BCUT2D eigenvalue weighted by molar-refractivity contribution is 0.283. The lowest BCUT2D eigenvalue weighted by Crippen LogP contribution is -2.24. The van der Waals surface area contributed by atoms with Gasteiger partial charge in [-0.3, -0.25) is 0 Å². The maximum absolute atomic E-state index is 6.00. The Morgan fingerprint density at radius 2 is 2.29 bits per heavy atom. The first-order valence-corrected chi connectivity index (χ1v) is 9.19. The average molecular weight is 366 g/mol. The van der Waals surface area contributed by atoms with Gasteiger partial charge in [0, 0.05) is 14.9 Å². The first kappa shape index (κ1) is 15.1. The topological polar surface area (TPSA) is 21.3 Å². The number of nitrogens with one attached hydrogen (secondary N) is 1. The van der Waals surface area contributed by atoms with Crippen molar-refractivity contribution in [2.24, 2.45) is 0 Å². The molecule has 0 fully saturated rings. The summed E-state index contributed by atoms with van der Waals surface area (Å²) in [5, 5.41) is 5.81. The third-order valence-corrected chi connectivity index (χ3v) is 5.72. The number of hydrogen-bond donors (Lipinski definition) is 1. The molecule has 1 aliphatic rings.